The lowest BCUT2D eigenvalue weighted by molar-refractivity contribution is 0.281. The van der Waals surface area contributed by atoms with Crippen LogP contribution >= 0.6 is 15.9 Å². The van der Waals surface area contributed by atoms with Crippen molar-refractivity contribution < 1.29 is 13.5 Å². The Labute approximate surface area is 129 Å². The molecule has 0 heterocycles. The molecule has 0 aromatic heterocycles. The normalized spacial score (nSPS) is 11.8. The summed E-state index contributed by atoms with van der Waals surface area (Å²) in [7, 11) is -3.52. The molecule has 0 unspecified atom stereocenters. The second kappa shape index (κ2) is 8.12. The van der Waals surface area contributed by atoms with E-state index in [1.54, 1.807) is 13.0 Å². The molecule has 0 radical (unpaired) electrons. The molecule has 0 saturated heterocycles. The van der Waals surface area contributed by atoms with Crippen LogP contribution in [0.5, 0.6) is 0 Å². The maximum absolute atomic E-state index is 12.3. The van der Waals surface area contributed by atoms with Crippen LogP contribution < -0.4 is 4.72 Å². The molecule has 4 nitrogen and oxygen atoms in total. The minimum Gasteiger partial charge on any atom is -0.392 e. The van der Waals surface area contributed by atoms with Crippen molar-refractivity contribution in [2.45, 2.75) is 51.0 Å². The summed E-state index contributed by atoms with van der Waals surface area (Å²) in [4.78, 5) is 0.228. The van der Waals surface area contributed by atoms with Crippen LogP contribution in [0.2, 0.25) is 0 Å². The number of unbranched alkanes of at least 4 members (excludes halogenated alkanes) is 3. The van der Waals surface area contributed by atoms with Crippen molar-refractivity contribution in [3.8, 4) is 0 Å². The Balaban J connectivity index is 2.84. The van der Waals surface area contributed by atoms with Gasteiger partial charge in [0.1, 0.15) is 0 Å². The molecule has 0 amide bonds. The number of nitrogens with one attached hydrogen (secondary N) is 1. The van der Waals surface area contributed by atoms with Crippen LogP contribution in [-0.4, -0.2) is 20.1 Å². The van der Waals surface area contributed by atoms with E-state index in [9.17, 15) is 13.5 Å². The van der Waals surface area contributed by atoms with E-state index in [4.69, 9.17) is 0 Å². The lowest BCUT2D eigenvalue weighted by atomic mass is 10.2. The first-order valence-electron chi connectivity index (χ1n) is 6.82. The van der Waals surface area contributed by atoms with Crippen LogP contribution in [0, 0.1) is 6.92 Å². The topological polar surface area (TPSA) is 66.4 Å². The van der Waals surface area contributed by atoms with Gasteiger partial charge in [0.05, 0.1) is 11.5 Å². The number of rotatable bonds is 8. The Kier molecular flexibility index (Phi) is 7.15. The van der Waals surface area contributed by atoms with Crippen molar-refractivity contribution in [3.05, 3.63) is 27.7 Å². The molecule has 1 aromatic rings. The Morgan fingerprint density at radius 1 is 1.25 bits per heavy atom. The second-order valence-corrected chi connectivity index (χ2v) is 7.41. The molecule has 2 N–H and O–H groups in total. The third kappa shape index (κ3) is 4.84. The van der Waals surface area contributed by atoms with Gasteiger partial charge in [0.25, 0.3) is 0 Å². The fourth-order valence-corrected chi connectivity index (χ4v) is 3.94. The van der Waals surface area contributed by atoms with E-state index in [0.717, 1.165) is 25.7 Å². The minimum atomic E-state index is -3.52. The van der Waals surface area contributed by atoms with Crippen LogP contribution in [0.3, 0.4) is 0 Å². The monoisotopic (exact) mass is 363 g/mol. The summed E-state index contributed by atoms with van der Waals surface area (Å²) >= 11 is 3.33. The van der Waals surface area contributed by atoms with E-state index in [0.29, 0.717) is 22.1 Å². The molecule has 0 aliphatic heterocycles. The number of aliphatic hydroxyl groups is 1. The highest BCUT2D eigenvalue weighted by Crippen LogP contribution is 2.25. The maximum atomic E-state index is 12.3. The highest BCUT2D eigenvalue weighted by atomic mass is 79.9. The Bertz CT molecular complexity index is 544. The molecular formula is C14H22BrNO3S. The first-order chi connectivity index (χ1) is 9.42. The summed E-state index contributed by atoms with van der Waals surface area (Å²) in [6, 6.07) is 3.25. The molecule has 20 heavy (non-hydrogen) atoms. The summed E-state index contributed by atoms with van der Waals surface area (Å²) in [6.07, 6.45) is 4.11. The Morgan fingerprint density at radius 2 is 1.95 bits per heavy atom. The molecule has 0 aliphatic carbocycles. The third-order valence-corrected chi connectivity index (χ3v) is 5.56. The van der Waals surface area contributed by atoms with Gasteiger partial charge in [0.2, 0.25) is 10.0 Å². The molecule has 0 bridgehead atoms. The first-order valence-corrected chi connectivity index (χ1v) is 9.09. The molecule has 1 aromatic carbocycles. The lowest BCUT2D eigenvalue weighted by Gasteiger charge is -2.12. The van der Waals surface area contributed by atoms with Crippen LogP contribution in [0.15, 0.2) is 21.5 Å². The molecule has 0 saturated carbocycles. The van der Waals surface area contributed by atoms with Gasteiger partial charge in [-0.2, -0.15) is 0 Å². The zero-order valence-electron chi connectivity index (χ0n) is 11.9. The summed E-state index contributed by atoms with van der Waals surface area (Å²) < 4.78 is 27.9. The zero-order valence-corrected chi connectivity index (χ0v) is 14.3. The largest absolute Gasteiger partial charge is 0.392 e. The number of halogens is 1. The molecular weight excluding hydrogens is 342 g/mol. The van der Waals surface area contributed by atoms with E-state index in [1.807, 2.05) is 0 Å². The number of sulfonamides is 1. The van der Waals surface area contributed by atoms with Crippen LogP contribution in [0.1, 0.15) is 43.7 Å². The molecule has 6 heteroatoms. The average molecular weight is 364 g/mol. The van der Waals surface area contributed by atoms with Crippen molar-refractivity contribution in [2.24, 2.45) is 0 Å². The standard InChI is InChI=1S/C14H22BrNO3S/c1-3-4-5-6-7-16-20(18,19)14-9-12(10-17)8-13(15)11(14)2/h8-9,16-17H,3-7,10H2,1-2H3. The fraction of sp³-hybridized carbons (Fsp3) is 0.571. The van der Waals surface area contributed by atoms with Gasteiger partial charge in [-0.25, -0.2) is 13.1 Å². The summed E-state index contributed by atoms with van der Waals surface area (Å²) in [5.41, 5.74) is 1.23. The summed E-state index contributed by atoms with van der Waals surface area (Å²) in [5, 5.41) is 9.18. The Morgan fingerprint density at radius 3 is 2.55 bits per heavy atom. The number of benzene rings is 1. The van der Waals surface area contributed by atoms with Crippen molar-refractivity contribution >= 4 is 26.0 Å². The number of aliphatic hydroxyl groups excluding tert-OH is 1. The van der Waals surface area contributed by atoms with Crippen molar-refractivity contribution in [1.82, 2.24) is 4.72 Å². The van der Waals surface area contributed by atoms with Crippen molar-refractivity contribution in [2.75, 3.05) is 6.54 Å². The van der Waals surface area contributed by atoms with Crippen LogP contribution in [0.4, 0.5) is 0 Å². The highest BCUT2D eigenvalue weighted by Gasteiger charge is 2.18. The number of hydrogen-bond acceptors (Lipinski definition) is 3. The third-order valence-electron chi connectivity index (χ3n) is 3.15. The summed E-state index contributed by atoms with van der Waals surface area (Å²) in [5.74, 6) is 0. The highest BCUT2D eigenvalue weighted by molar-refractivity contribution is 9.10. The summed E-state index contributed by atoms with van der Waals surface area (Å²) in [6.45, 7) is 4.13. The quantitative estimate of drug-likeness (QED) is 0.697. The van der Waals surface area contributed by atoms with E-state index in [1.165, 1.54) is 6.07 Å². The second-order valence-electron chi connectivity index (χ2n) is 4.82. The Hall–Kier alpha value is -0.430. The predicted molar refractivity (Wildman–Crippen MR) is 84.1 cm³/mol. The van der Waals surface area contributed by atoms with Crippen molar-refractivity contribution in [3.63, 3.8) is 0 Å². The fourth-order valence-electron chi connectivity index (χ4n) is 1.91. The first kappa shape index (κ1) is 17.6. The van der Waals surface area contributed by atoms with Gasteiger partial charge in [-0.1, -0.05) is 42.1 Å². The molecule has 0 spiro atoms. The maximum Gasteiger partial charge on any atom is 0.240 e. The molecule has 114 valence electrons. The van der Waals surface area contributed by atoms with Crippen LogP contribution in [-0.2, 0) is 16.6 Å². The zero-order chi connectivity index (χ0) is 15.2. The van der Waals surface area contributed by atoms with E-state index >= 15 is 0 Å². The van der Waals surface area contributed by atoms with Crippen molar-refractivity contribution in [1.29, 1.82) is 0 Å². The molecule has 0 fully saturated rings. The average Bonchev–Trinajstić information content (AvgIpc) is 2.41. The smallest absolute Gasteiger partial charge is 0.240 e. The SMILES string of the molecule is CCCCCCNS(=O)(=O)c1cc(CO)cc(Br)c1C. The van der Waals surface area contributed by atoms with Gasteiger partial charge in [-0.05, 0) is 36.6 Å². The molecule has 1 rings (SSSR count). The van der Waals surface area contributed by atoms with Gasteiger partial charge in [0, 0.05) is 11.0 Å². The number of hydrogen-bond donors (Lipinski definition) is 2. The van der Waals surface area contributed by atoms with E-state index in [-0.39, 0.29) is 11.5 Å². The molecule has 0 atom stereocenters. The van der Waals surface area contributed by atoms with Crippen LogP contribution in [0.25, 0.3) is 0 Å². The van der Waals surface area contributed by atoms with E-state index in [2.05, 4.69) is 27.6 Å². The van der Waals surface area contributed by atoms with Gasteiger partial charge in [-0.15, -0.1) is 0 Å². The van der Waals surface area contributed by atoms with Gasteiger partial charge in [0.15, 0.2) is 0 Å². The van der Waals surface area contributed by atoms with Gasteiger partial charge >= 0.3 is 0 Å². The molecule has 0 aliphatic rings. The van der Waals surface area contributed by atoms with Gasteiger partial charge < -0.3 is 5.11 Å². The van der Waals surface area contributed by atoms with Gasteiger partial charge in [-0.3, -0.25) is 0 Å². The lowest BCUT2D eigenvalue weighted by Crippen LogP contribution is -2.25. The van der Waals surface area contributed by atoms with E-state index < -0.39 is 10.0 Å². The predicted octanol–water partition coefficient (Wildman–Crippen LogP) is 3.11. The minimum absolute atomic E-state index is 0.183.